The zero-order chi connectivity index (χ0) is 12.5. The highest BCUT2D eigenvalue weighted by Gasteiger charge is 2.00. The van der Waals surface area contributed by atoms with Crippen LogP contribution in [0.1, 0.15) is 26.7 Å². The van der Waals surface area contributed by atoms with Crippen LogP contribution in [-0.2, 0) is 0 Å². The molecule has 3 heteroatoms. The summed E-state index contributed by atoms with van der Waals surface area (Å²) in [6, 6.07) is 8.32. The Hall–Kier alpha value is -0.540. The summed E-state index contributed by atoms with van der Waals surface area (Å²) in [5.41, 5.74) is 1.19. The Labute approximate surface area is 114 Å². The van der Waals surface area contributed by atoms with Crippen molar-refractivity contribution in [2.24, 2.45) is 0 Å². The molecule has 0 aliphatic carbocycles. The van der Waals surface area contributed by atoms with E-state index >= 15 is 0 Å². The predicted molar refractivity (Wildman–Crippen MR) is 79.7 cm³/mol. The van der Waals surface area contributed by atoms with Gasteiger partial charge in [-0.25, -0.2) is 0 Å². The lowest BCUT2D eigenvalue weighted by Crippen LogP contribution is -2.29. The van der Waals surface area contributed by atoms with E-state index in [9.17, 15) is 0 Å². The van der Waals surface area contributed by atoms with Crippen LogP contribution in [0.2, 0.25) is 0 Å². The van der Waals surface area contributed by atoms with E-state index in [-0.39, 0.29) is 0 Å². The van der Waals surface area contributed by atoms with Crippen molar-refractivity contribution in [1.29, 1.82) is 0 Å². The maximum Gasteiger partial charge on any atom is 0.0351 e. The summed E-state index contributed by atoms with van der Waals surface area (Å²) in [6.45, 7) is 8.95. The van der Waals surface area contributed by atoms with Gasteiger partial charge < -0.3 is 10.2 Å². The van der Waals surface area contributed by atoms with Crippen LogP contribution >= 0.6 is 15.9 Å². The maximum atomic E-state index is 3.48. The van der Waals surface area contributed by atoms with Gasteiger partial charge in [0.15, 0.2) is 0 Å². The van der Waals surface area contributed by atoms with Crippen LogP contribution in [0.3, 0.4) is 0 Å². The van der Waals surface area contributed by atoms with Crippen LogP contribution in [0, 0.1) is 0 Å². The van der Waals surface area contributed by atoms with Crippen LogP contribution in [0.5, 0.6) is 0 Å². The minimum atomic E-state index is 1.01. The van der Waals surface area contributed by atoms with Crippen molar-refractivity contribution in [3.63, 3.8) is 0 Å². The van der Waals surface area contributed by atoms with Gasteiger partial charge in [0.1, 0.15) is 0 Å². The molecule has 0 amide bonds. The van der Waals surface area contributed by atoms with Gasteiger partial charge in [0.05, 0.1) is 0 Å². The number of rotatable bonds is 8. The van der Waals surface area contributed by atoms with Gasteiger partial charge in [0, 0.05) is 23.2 Å². The first-order valence-corrected chi connectivity index (χ1v) is 7.27. The third-order valence-electron chi connectivity index (χ3n) is 2.86. The fourth-order valence-corrected chi connectivity index (χ4v) is 2.17. The summed E-state index contributed by atoms with van der Waals surface area (Å²) in [6.07, 6.45) is 2.57. The molecule has 96 valence electrons. The maximum absolute atomic E-state index is 3.48. The second-order valence-corrected chi connectivity index (χ2v) is 5.14. The molecule has 2 nitrogen and oxygen atoms in total. The van der Waals surface area contributed by atoms with E-state index in [0.29, 0.717) is 0 Å². The highest BCUT2D eigenvalue weighted by atomic mass is 79.9. The number of unbranched alkanes of at least 4 members (excludes halogenated alkanes) is 1. The first-order valence-electron chi connectivity index (χ1n) is 6.48. The van der Waals surface area contributed by atoms with Crippen molar-refractivity contribution in [2.75, 3.05) is 31.5 Å². The third kappa shape index (κ3) is 6.08. The van der Waals surface area contributed by atoms with Crippen molar-refractivity contribution in [3.8, 4) is 0 Å². The molecule has 0 fully saturated rings. The topological polar surface area (TPSA) is 15.3 Å². The SMILES string of the molecule is CCCCN(CC)CCNc1cccc(Br)c1. The second kappa shape index (κ2) is 8.54. The molecule has 0 aliphatic heterocycles. The Morgan fingerprint density at radius 1 is 1.24 bits per heavy atom. The van der Waals surface area contributed by atoms with E-state index in [1.807, 2.05) is 6.07 Å². The van der Waals surface area contributed by atoms with Gasteiger partial charge in [-0.3, -0.25) is 0 Å². The van der Waals surface area contributed by atoms with Gasteiger partial charge in [0.25, 0.3) is 0 Å². The summed E-state index contributed by atoms with van der Waals surface area (Å²) >= 11 is 3.48. The normalized spacial score (nSPS) is 10.8. The van der Waals surface area contributed by atoms with E-state index in [0.717, 1.165) is 24.1 Å². The lowest BCUT2D eigenvalue weighted by atomic mass is 10.3. The van der Waals surface area contributed by atoms with Crippen molar-refractivity contribution < 1.29 is 0 Å². The molecule has 0 saturated heterocycles. The van der Waals surface area contributed by atoms with Crippen molar-refractivity contribution in [3.05, 3.63) is 28.7 Å². The Morgan fingerprint density at radius 3 is 2.71 bits per heavy atom. The summed E-state index contributed by atoms with van der Waals surface area (Å²) in [5.74, 6) is 0. The average Bonchev–Trinajstić information content (AvgIpc) is 2.33. The third-order valence-corrected chi connectivity index (χ3v) is 3.35. The molecule has 1 aromatic carbocycles. The highest BCUT2D eigenvalue weighted by molar-refractivity contribution is 9.10. The number of halogens is 1. The number of nitrogens with zero attached hydrogens (tertiary/aromatic N) is 1. The van der Waals surface area contributed by atoms with Gasteiger partial charge >= 0.3 is 0 Å². The van der Waals surface area contributed by atoms with Gasteiger partial charge in [-0.05, 0) is 37.7 Å². The van der Waals surface area contributed by atoms with Gasteiger partial charge in [-0.2, -0.15) is 0 Å². The average molecular weight is 299 g/mol. The van der Waals surface area contributed by atoms with E-state index in [4.69, 9.17) is 0 Å². The predicted octanol–water partition coefficient (Wildman–Crippen LogP) is 3.98. The molecule has 1 N–H and O–H groups in total. The standard InChI is InChI=1S/C14H23BrN2/c1-3-5-10-17(4-2)11-9-16-14-8-6-7-13(15)12-14/h6-8,12,16H,3-5,9-11H2,1-2H3. The van der Waals surface area contributed by atoms with Gasteiger partial charge in [-0.1, -0.05) is 42.3 Å². The van der Waals surface area contributed by atoms with Crippen LogP contribution in [0.25, 0.3) is 0 Å². The first-order chi connectivity index (χ1) is 8.26. The number of hydrogen-bond donors (Lipinski definition) is 1. The first kappa shape index (κ1) is 14.5. The Bertz CT molecular complexity index is 315. The van der Waals surface area contributed by atoms with Gasteiger partial charge in [-0.15, -0.1) is 0 Å². The lowest BCUT2D eigenvalue weighted by molar-refractivity contribution is 0.294. The summed E-state index contributed by atoms with van der Waals surface area (Å²) in [7, 11) is 0. The van der Waals surface area contributed by atoms with Crippen LogP contribution in [-0.4, -0.2) is 31.1 Å². The van der Waals surface area contributed by atoms with Crippen LogP contribution in [0.4, 0.5) is 5.69 Å². The molecule has 0 radical (unpaired) electrons. The number of anilines is 1. The molecule has 0 heterocycles. The van der Waals surface area contributed by atoms with Crippen molar-refractivity contribution in [1.82, 2.24) is 4.90 Å². The largest absolute Gasteiger partial charge is 0.384 e. The summed E-state index contributed by atoms with van der Waals surface area (Å²) in [4.78, 5) is 2.49. The number of benzene rings is 1. The Balaban J connectivity index is 2.26. The number of hydrogen-bond acceptors (Lipinski definition) is 2. The number of nitrogens with one attached hydrogen (secondary N) is 1. The fraction of sp³-hybridized carbons (Fsp3) is 0.571. The molecule has 0 atom stereocenters. The van der Waals surface area contributed by atoms with E-state index in [1.54, 1.807) is 0 Å². The Morgan fingerprint density at radius 2 is 2.06 bits per heavy atom. The smallest absolute Gasteiger partial charge is 0.0351 e. The minimum absolute atomic E-state index is 1.01. The highest BCUT2D eigenvalue weighted by Crippen LogP contribution is 2.15. The van der Waals surface area contributed by atoms with Crippen molar-refractivity contribution >= 4 is 21.6 Å². The summed E-state index contributed by atoms with van der Waals surface area (Å²) in [5, 5.41) is 3.46. The van der Waals surface area contributed by atoms with Crippen molar-refractivity contribution in [2.45, 2.75) is 26.7 Å². The van der Waals surface area contributed by atoms with Gasteiger partial charge in [0.2, 0.25) is 0 Å². The zero-order valence-corrected chi connectivity index (χ0v) is 12.5. The molecule has 0 aromatic heterocycles. The molecule has 0 bridgehead atoms. The molecule has 17 heavy (non-hydrogen) atoms. The zero-order valence-electron chi connectivity index (χ0n) is 10.9. The number of likely N-dealkylation sites (N-methyl/N-ethyl adjacent to an activating group) is 1. The molecular weight excluding hydrogens is 276 g/mol. The van der Waals surface area contributed by atoms with Crippen LogP contribution in [0.15, 0.2) is 28.7 Å². The van der Waals surface area contributed by atoms with E-state index < -0.39 is 0 Å². The quantitative estimate of drug-likeness (QED) is 0.781. The molecule has 1 aromatic rings. The molecular formula is C14H23BrN2. The molecule has 0 aliphatic rings. The lowest BCUT2D eigenvalue weighted by Gasteiger charge is -2.20. The monoisotopic (exact) mass is 298 g/mol. The molecule has 0 saturated carbocycles. The van der Waals surface area contributed by atoms with E-state index in [1.165, 1.54) is 25.1 Å². The Kier molecular flexibility index (Phi) is 7.29. The van der Waals surface area contributed by atoms with Crippen LogP contribution < -0.4 is 5.32 Å². The fourth-order valence-electron chi connectivity index (χ4n) is 1.77. The molecule has 0 spiro atoms. The summed E-state index contributed by atoms with van der Waals surface area (Å²) < 4.78 is 1.13. The second-order valence-electron chi connectivity index (χ2n) is 4.22. The minimum Gasteiger partial charge on any atom is -0.384 e. The molecule has 1 rings (SSSR count). The molecule has 0 unspecified atom stereocenters. The van der Waals surface area contributed by atoms with E-state index in [2.05, 4.69) is 58.2 Å².